The van der Waals surface area contributed by atoms with Gasteiger partial charge in [0.15, 0.2) is 0 Å². The molecule has 1 fully saturated rings. The summed E-state index contributed by atoms with van der Waals surface area (Å²) in [6.45, 7) is -3.42. The Morgan fingerprint density at radius 3 is 3.00 bits per heavy atom. The van der Waals surface area contributed by atoms with Gasteiger partial charge >= 0.3 is 0 Å². The molecule has 0 radical (unpaired) electrons. The lowest BCUT2D eigenvalue weighted by Crippen LogP contribution is -2.49. The first-order valence-electron chi connectivity index (χ1n) is 4.54. The van der Waals surface area contributed by atoms with Crippen molar-refractivity contribution in [1.29, 1.82) is 0 Å². The van der Waals surface area contributed by atoms with Gasteiger partial charge in [-0.05, 0) is 13.4 Å². The number of hydrogen-bond acceptors (Lipinski definition) is 2. The van der Waals surface area contributed by atoms with Crippen LogP contribution in [0.5, 0.6) is 0 Å². The van der Waals surface area contributed by atoms with Crippen LogP contribution in [0.4, 0.5) is 8.78 Å². The topological polar surface area (TPSA) is 23.5 Å². The fourth-order valence-electron chi connectivity index (χ4n) is 0.928. The van der Waals surface area contributed by atoms with Crippen molar-refractivity contribution < 1.29 is 18.0 Å². The molecular formula is C6H11F2NO. The van der Waals surface area contributed by atoms with Gasteiger partial charge in [0.25, 0.3) is 5.92 Å². The maximum atomic E-state index is 12.8. The van der Waals surface area contributed by atoms with Crippen LogP contribution in [0.15, 0.2) is 0 Å². The highest BCUT2D eigenvalue weighted by Crippen LogP contribution is 2.25. The molecule has 0 aromatic rings. The molecule has 0 aromatic heterocycles. The SMILES string of the molecule is [2H]C([2H])([2H])N1CC[C@@H](O)C(F)(F)C1. The zero-order valence-electron chi connectivity index (χ0n) is 8.35. The molecule has 1 N–H and O–H groups in total. The molecule has 0 aliphatic carbocycles. The molecule has 1 rings (SSSR count). The Kier molecular flexibility index (Phi) is 1.12. The molecule has 0 unspecified atom stereocenters. The van der Waals surface area contributed by atoms with Crippen LogP contribution in [0.1, 0.15) is 10.5 Å². The van der Waals surface area contributed by atoms with Crippen LogP contribution < -0.4 is 0 Å². The van der Waals surface area contributed by atoms with Crippen molar-refractivity contribution in [3.8, 4) is 0 Å². The van der Waals surface area contributed by atoms with E-state index in [2.05, 4.69) is 0 Å². The van der Waals surface area contributed by atoms with Gasteiger partial charge in [0.2, 0.25) is 0 Å². The van der Waals surface area contributed by atoms with E-state index < -0.39 is 25.5 Å². The van der Waals surface area contributed by atoms with Crippen molar-refractivity contribution in [2.45, 2.75) is 18.4 Å². The third kappa shape index (κ3) is 1.44. The fraction of sp³-hybridized carbons (Fsp3) is 1.00. The van der Waals surface area contributed by atoms with Crippen molar-refractivity contribution in [3.05, 3.63) is 0 Å². The van der Waals surface area contributed by atoms with Gasteiger partial charge in [0.05, 0.1) is 6.54 Å². The van der Waals surface area contributed by atoms with Gasteiger partial charge < -0.3 is 10.0 Å². The van der Waals surface area contributed by atoms with Gasteiger partial charge in [-0.3, -0.25) is 0 Å². The zero-order valence-corrected chi connectivity index (χ0v) is 5.35. The number of aliphatic hydroxyl groups is 1. The monoisotopic (exact) mass is 154 g/mol. The van der Waals surface area contributed by atoms with E-state index in [1.165, 1.54) is 0 Å². The van der Waals surface area contributed by atoms with E-state index in [-0.39, 0.29) is 13.0 Å². The second-order valence-electron chi connectivity index (χ2n) is 2.49. The van der Waals surface area contributed by atoms with Crippen molar-refractivity contribution in [2.75, 3.05) is 20.1 Å². The molecule has 0 aromatic carbocycles. The summed E-state index contributed by atoms with van der Waals surface area (Å²) in [7, 11) is 0. The minimum absolute atomic E-state index is 0.0206. The first-order chi connectivity index (χ1) is 5.73. The highest BCUT2D eigenvalue weighted by atomic mass is 19.3. The first-order valence-corrected chi connectivity index (χ1v) is 3.04. The number of aliphatic hydroxyl groups excluding tert-OH is 1. The molecule has 0 spiro atoms. The number of halogens is 2. The summed E-state index contributed by atoms with van der Waals surface area (Å²) < 4.78 is 46.4. The van der Waals surface area contributed by atoms with E-state index in [0.29, 0.717) is 4.90 Å². The maximum absolute atomic E-state index is 12.8. The van der Waals surface area contributed by atoms with Gasteiger partial charge in [0.1, 0.15) is 6.10 Å². The molecule has 0 saturated carbocycles. The van der Waals surface area contributed by atoms with E-state index in [1.807, 2.05) is 0 Å². The lowest BCUT2D eigenvalue weighted by molar-refractivity contribution is -0.145. The predicted molar refractivity (Wildman–Crippen MR) is 33.1 cm³/mol. The van der Waals surface area contributed by atoms with Crippen LogP contribution in [-0.2, 0) is 0 Å². The molecule has 1 aliphatic heterocycles. The normalized spacial score (nSPS) is 39.9. The Labute approximate surface area is 62.7 Å². The van der Waals surface area contributed by atoms with Crippen molar-refractivity contribution in [3.63, 3.8) is 0 Å². The molecule has 0 amide bonds. The number of alkyl halides is 2. The highest BCUT2D eigenvalue weighted by Gasteiger charge is 2.42. The molecule has 1 saturated heterocycles. The Hall–Kier alpha value is -0.220. The summed E-state index contributed by atoms with van der Waals surface area (Å²) in [5, 5.41) is 8.86. The maximum Gasteiger partial charge on any atom is 0.285 e. The summed E-state index contributed by atoms with van der Waals surface area (Å²) in [6.07, 6.45) is -1.92. The van der Waals surface area contributed by atoms with Crippen molar-refractivity contribution in [1.82, 2.24) is 4.90 Å². The standard InChI is InChI=1S/C6H11F2NO/c1-9-3-2-5(10)6(7,8)4-9/h5,10H,2-4H2,1H3/t5-/m1/s1/i1D3. The first kappa shape index (κ1) is 4.62. The summed E-state index contributed by atoms with van der Waals surface area (Å²) in [5.41, 5.74) is 0. The molecule has 2 nitrogen and oxygen atoms in total. The van der Waals surface area contributed by atoms with Gasteiger partial charge in [-0.1, -0.05) is 0 Å². The van der Waals surface area contributed by atoms with Crippen LogP contribution in [0.2, 0.25) is 0 Å². The fourth-order valence-corrected chi connectivity index (χ4v) is 0.928. The van der Waals surface area contributed by atoms with Crippen LogP contribution >= 0.6 is 0 Å². The van der Waals surface area contributed by atoms with Crippen molar-refractivity contribution in [2.24, 2.45) is 0 Å². The molecule has 0 bridgehead atoms. The van der Waals surface area contributed by atoms with Crippen LogP contribution in [-0.4, -0.2) is 42.1 Å². The van der Waals surface area contributed by atoms with Crippen LogP contribution in [0.25, 0.3) is 0 Å². The molecule has 1 atom stereocenters. The number of nitrogens with zero attached hydrogens (tertiary/aromatic N) is 1. The van der Waals surface area contributed by atoms with Crippen LogP contribution in [0, 0.1) is 0 Å². The Balaban J connectivity index is 2.66. The zero-order chi connectivity index (χ0) is 10.3. The van der Waals surface area contributed by atoms with E-state index in [4.69, 9.17) is 9.22 Å². The Morgan fingerprint density at radius 1 is 1.80 bits per heavy atom. The smallest absolute Gasteiger partial charge is 0.285 e. The second-order valence-corrected chi connectivity index (χ2v) is 2.49. The minimum atomic E-state index is -3.31. The van der Waals surface area contributed by atoms with Crippen LogP contribution in [0.3, 0.4) is 0 Å². The summed E-state index contributed by atoms with van der Waals surface area (Å²) in [6, 6.07) is 0. The Morgan fingerprint density at radius 2 is 2.50 bits per heavy atom. The highest BCUT2D eigenvalue weighted by molar-refractivity contribution is 4.84. The quantitative estimate of drug-likeness (QED) is 0.543. The number of hydrogen-bond donors (Lipinski definition) is 1. The molecule has 1 aliphatic rings. The largest absolute Gasteiger partial charge is 0.387 e. The molecule has 10 heavy (non-hydrogen) atoms. The number of likely N-dealkylation sites (tertiary alicyclic amines) is 1. The predicted octanol–water partition coefficient (Wildman–Crippen LogP) is 0.318. The van der Waals surface area contributed by atoms with E-state index >= 15 is 0 Å². The van der Waals surface area contributed by atoms with E-state index in [1.54, 1.807) is 0 Å². The van der Waals surface area contributed by atoms with Crippen molar-refractivity contribution >= 4 is 0 Å². The van der Waals surface area contributed by atoms with E-state index in [9.17, 15) is 8.78 Å². The summed E-state index contributed by atoms with van der Waals surface area (Å²) in [4.78, 5) is 0.708. The molecule has 1 heterocycles. The molecular weight excluding hydrogens is 140 g/mol. The third-order valence-electron chi connectivity index (χ3n) is 1.56. The van der Waals surface area contributed by atoms with Gasteiger partial charge in [-0.25, -0.2) is 8.78 Å². The molecule has 60 valence electrons. The third-order valence-corrected chi connectivity index (χ3v) is 1.56. The average Bonchev–Trinajstić information content (AvgIpc) is 1.92. The number of rotatable bonds is 0. The van der Waals surface area contributed by atoms with Gasteiger partial charge in [0, 0.05) is 10.7 Å². The second kappa shape index (κ2) is 2.43. The molecule has 4 heteroatoms. The average molecular weight is 154 g/mol. The summed E-state index contributed by atoms with van der Waals surface area (Å²) in [5.74, 6) is -3.31. The summed E-state index contributed by atoms with van der Waals surface area (Å²) >= 11 is 0. The number of piperidine rings is 1. The van der Waals surface area contributed by atoms with Gasteiger partial charge in [-0.2, -0.15) is 0 Å². The van der Waals surface area contributed by atoms with Gasteiger partial charge in [-0.15, -0.1) is 0 Å². The Bertz CT molecular complexity index is 197. The lowest BCUT2D eigenvalue weighted by Gasteiger charge is -2.33. The lowest BCUT2D eigenvalue weighted by atomic mass is 10.1. The van der Waals surface area contributed by atoms with E-state index in [0.717, 1.165) is 0 Å². The minimum Gasteiger partial charge on any atom is -0.387 e.